The second kappa shape index (κ2) is 6.72. The zero-order valence-corrected chi connectivity index (χ0v) is 13.9. The number of aryl methyl sites for hydroxylation is 1. The molecule has 7 nitrogen and oxygen atoms in total. The Morgan fingerprint density at radius 2 is 1.80 bits per heavy atom. The summed E-state index contributed by atoms with van der Waals surface area (Å²) in [6.07, 6.45) is 0.457. The van der Waals surface area contributed by atoms with Crippen LogP contribution >= 0.6 is 0 Å². The van der Waals surface area contributed by atoms with Crippen molar-refractivity contribution < 1.29 is 13.9 Å². The molecule has 1 heterocycles. The third-order valence-electron chi connectivity index (χ3n) is 3.97. The van der Waals surface area contributed by atoms with E-state index in [0.29, 0.717) is 23.6 Å². The van der Waals surface area contributed by atoms with Crippen LogP contribution in [0.25, 0.3) is 11.0 Å². The Balaban J connectivity index is 1.94. The maximum atomic E-state index is 12.5. The highest BCUT2D eigenvalue weighted by molar-refractivity contribution is 5.79. The minimum absolute atomic E-state index is 0.182. The summed E-state index contributed by atoms with van der Waals surface area (Å²) in [7, 11) is 3.11. The van der Waals surface area contributed by atoms with Gasteiger partial charge in [-0.05, 0) is 42.3 Å². The fraction of sp³-hybridized carbons (Fsp3) is 0.222. The van der Waals surface area contributed by atoms with E-state index in [9.17, 15) is 9.59 Å². The van der Waals surface area contributed by atoms with Gasteiger partial charge in [-0.15, -0.1) is 0 Å². The van der Waals surface area contributed by atoms with E-state index in [1.807, 2.05) is 12.1 Å². The molecular formula is C18H18N2O5. The Kier molecular flexibility index (Phi) is 4.47. The molecule has 0 unspecified atom stereocenters. The Morgan fingerprint density at radius 1 is 1.04 bits per heavy atom. The molecule has 0 spiro atoms. The zero-order valence-electron chi connectivity index (χ0n) is 13.9. The summed E-state index contributed by atoms with van der Waals surface area (Å²) in [5, 5.41) is 0.284. The monoisotopic (exact) mass is 342 g/mol. The maximum Gasteiger partial charge on any atom is 0.422 e. The zero-order chi connectivity index (χ0) is 18.0. The van der Waals surface area contributed by atoms with E-state index >= 15 is 0 Å². The van der Waals surface area contributed by atoms with Gasteiger partial charge in [-0.25, -0.2) is 9.36 Å². The van der Waals surface area contributed by atoms with Crippen LogP contribution in [-0.2, 0) is 13.0 Å². The van der Waals surface area contributed by atoms with Crippen molar-refractivity contribution >= 4 is 16.7 Å². The molecule has 25 heavy (non-hydrogen) atoms. The average molecular weight is 342 g/mol. The summed E-state index contributed by atoms with van der Waals surface area (Å²) >= 11 is 0. The maximum absolute atomic E-state index is 12.5. The van der Waals surface area contributed by atoms with E-state index in [2.05, 4.69) is 0 Å². The van der Waals surface area contributed by atoms with Crippen molar-refractivity contribution in [2.24, 2.45) is 0 Å². The molecule has 0 bridgehead atoms. The molecule has 7 heteroatoms. The Bertz CT molecular complexity index is 1040. The van der Waals surface area contributed by atoms with E-state index in [4.69, 9.17) is 19.6 Å². The lowest BCUT2D eigenvalue weighted by molar-refractivity contribution is 0.354. The molecule has 0 aliphatic carbocycles. The van der Waals surface area contributed by atoms with Crippen molar-refractivity contribution in [3.63, 3.8) is 0 Å². The molecule has 0 fully saturated rings. The van der Waals surface area contributed by atoms with E-state index < -0.39 is 11.3 Å². The lowest BCUT2D eigenvalue weighted by Gasteiger charge is -2.10. The lowest BCUT2D eigenvalue weighted by atomic mass is 10.1. The smallest absolute Gasteiger partial charge is 0.422 e. The molecule has 3 aromatic rings. The normalized spacial score (nSPS) is 10.8. The van der Waals surface area contributed by atoms with Gasteiger partial charge in [0.05, 0.1) is 19.6 Å². The number of nitrogens with zero attached hydrogens (tertiary/aromatic N) is 1. The molecule has 1 aromatic heterocycles. The molecule has 3 rings (SSSR count). The third kappa shape index (κ3) is 3.21. The van der Waals surface area contributed by atoms with Crippen LogP contribution in [0.5, 0.6) is 11.5 Å². The summed E-state index contributed by atoms with van der Waals surface area (Å²) in [6.45, 7) is 0.182. The molecule has 0 saturated heterocycles. The summed E-state index contributed by atoms with van der Waals surface area (Å²) in [5.74, 6) is 0.512. The summed E-state index contributed by atoms with van der Waals surface area (Å²) < 4.78 is 16.7. The fourth-order valence-corrected chi connectivity index (χ4v) is 2.65. The number of hydrogen-bond donors (Lipinski definition) is 1. The topological polar surface area (TPSA) is 96.7 Å². The predicted molar refractivity (Wildman–Crippen MR) is 94.4 cm³/mol. The van der Waals surface area contributed by atoms with Gasteiger partial charge in [-0.3, -0.25) is 4.79 Å². The van der Waals surface area contributed by atoms with E-state index in [0.717, 1.165) is 10.1 Å². The van der Waals surface area contributed by atoms with Gasteiger partial charge in [-0.2, -0.15) is 0 Å². The van der Waals surface area contributed by atoms with Gasteiger partial charge in [0.15, 0.2) is 11.5 Å². The number of fused-ring (bicyclic) bond motifs is 1. The van der Waals surface area contributed by atoms with Crippen molar-refractivity contribution in [2.75, 3.05) is 20.0 Å². The first-order valence-corrected chi connectivity index (χ1v) is 7.67. The van der Waals surface area contributed by atoms with Crippen molar-refractivity contribution in [3.05, 3.63) is 62.9 Å². The second-order valence-electron chi connectivity index (χ2n) is 5.52. The van der Waals surface area contributed by atoms with Gasteiger partial charge in [0.1, 0.15) is 5.58 Å². The number of anilines is 1. The first-order chi connectivity index (χ1) is 12.0. The highest BCUT2D eigenvalue weighted by Crippen LogP contribution is 2.27. The van der Waals surface area contributed by atoms with E-state index in [1.165, 1.54) is 12.1 Å². The standard InChI is InChI=1S/C18H18N2O5/c1-23-15-5-3-11(9-16(15)24-2)7-8-20-17(21)13-10-12(19)4-6-14(13)25-18(20)22/h3-6,9-10H,7-8,19H2,1-2H3. The number of ether oxygens (including phenoxy) is 2. The molecule has 0 atom stereocenters. The molecule has 0 aliphatic rings. The van der Waals surface area contributed by atoms with Crippen molar-refractivity contribution in [2.45, 2.75) is 13.0 Å². The number of nitrogens with two attached hydrogens (primary N) is 1. The molecule has 0 aliphatic heterocycles. The number of nitrogen functional groups attached to an aromatic ring is 1. The minimum Gasteiger partial charge on any atom is -0.493 e. The molecule has 0 amide bonds. The van der Waals surface area contributed by atoms with Crippen LogP contribution < -0.4 is 26.5 Å². The van der Waals surface area contributed by atoms with Crippen molar-refractivity contribution in [1.29, 1.82) is 0 Å². The SMILES string of the molecule is COc1ccc(CCn2c(=O)oc3ccc(N)cc3c2=O)cc1OC. The van der Waals surface area contributed by atoms with Crippen LogP contribution in [-0.4, -0.2) is 18.8 Å². The van der Waals surface area contributed by atoms with E-state index in [1.54, 1.807) is 26.4 Å². The quantitative estimate of drug-likeness (QED) is 0.710. The summed E-state index contributed by atoms with van der Waals surface area (Å²) in [6, 6.07) is 10.1. The molecule has 2 aromatic carbocycles. The van der Waals surface area contributed by atoms with Crippen molar-refractivity contribution in [3.8, 4) is 11.5 Å². The van der Waals surface area contributed by atoms with Gasteiger partial charge in [0, 0.05) is 12.2 Å². The van der Waals surface area contributed by atoms with Gasteiger partial charge in [0.25, 0.3) is 5.56 Å². The number of benzene rings is 2. The first-order valence-electron chi connectivity index (χ1n) is 7.67. The molecule has 2 N–H and O–H groups in total. The lowest BCUT2D eigenvalue weighted by Crippen LogP contribution is -2.33. The largest absolute Gasteiger partial charge is 0.493 e. The van der Waals surface area contributed by atoms with Crippen LogP contribution in [0.2, 0.25) is 0 Å². The van der Waals surface area contributed by atoms with Gasteiger partial charge >= 0.3 is 5.76 Å². The number of hydrogen-bond acceptors (Lipinski definition) is 6. The molecular weight excluding hydrogens is 324 g/mol. The van der Waals surface area contributed by atoms with Gasteiger partial charge in [-0.1, -0.05) is 6.07 Å². The number of rotatable bonds is 5. The first kappa shape index (κ1) is 16.6. The van der Waals surface area contributed by atoms with Gasteiger partial charge < -0.3 is 19.6 Å². The Morgan fingerprint density at radius 3 is 2.52 bits per heavy atom. The Hall–Kier alpha value is -3.22. The minimum atomic E-state index is -0.692. The van der Waals surface area contributed by atoms with E-state index in [-0.39, 0.29) is 17.5 Å². The predicted octanol–water partition coefficient (Wildman–Crippen LogP) is 1.80. The molecule has 0 radical (unpaired) electrons. The molecule has 130 valence electrons. The second-order valence-corrected chi connectivity index (χ2v) is 5.52. The number of methoxy groups -OCH3 is 2. The summed E-state index contributed by atoms with van der Waals surface area (Å²) in [5.41, 5.74) is 6.86. The highest BCUT2D eigenvalue weighted by atomic mass is 16.5. The number of aromatic nitrogens is 1. The highest BCUT2D eigenvalue weighted by Gasteiger charge is 2.11. The average Bonchev–Trinajstić information content (AvgIpc) is 2.62. The fourth-order valence-electron chi connectivity index (χ4n) is 2.65. The Labute approximate surface area is 143 Å². The van der Waals surface area contributed by atoms with Gasteiger partial charge in [0.2, 0.25) is 0 Å². The van der Waals surface area contributed by atoms with Crippen LogP contribution in [0.3, 0.4) is 0 Å². The third-order valence-corrected chi connectivity index (χ3v) is 3.97. The van der Waals surface area contributed by atoms with Crippen LogP contribution in [0.1, 0.15) is 5.56 Å². The summed E-state index contributed by atoms with van der Waals surface area (Å²) in [4.78, 5) is 24.7. The van der Waals surface area contributed by atoms with Crippen LogP contribution in [0.15, 0.2) is 50.4 Å². The molecule has 0 saturated carbocycles. The van der Waals surface area contributed by atoms with Crippen molar-refractivity contribution in [1.82, 2.24) is 4.57 Å². The van der Waals surface area contributed by atoms with Crippen LogP contribution in [0.4, 0.5) is 5.69 Å². The van der Waals surface area contributed by atoms with Crippen LogP contribution in [0, 0.1) is 0 Å².